The fraction of sp³-hybridized carbons (Fsp3) is 0.455. The summed E-state index contributed by atoms with van der Waals surface area (Å²) in [6, 6.07) is 6.16. The van der Waals surface area contributed by atoms with Gasteiger partial charge in [-0.15, -0.1) is 0 Å². The lowest BCUT2D eigenvalue weighted by molar-refractivity contribution is 0.202. The van der Waals surface area contributed by atoms with Crippen LogP contribution in [0.3, 0.4) is 0 Å². The third kappa shape index (κ3) is 3.81. The highest BCUT2D eigenvalue weighted by molar-refractivity contribution is 7.90. The van der Waals surface area contributed by atoms with Crippen molar-refractivity contribution in [3.05, 3.63) is 34.7 Å². The first kappa shape index (κ1) is 16.7. The van der Waals surface area contributed by atoms with E-state index in [-0.39, 0.29) is 4.90 Å². The fourth-order valence-corrected chi connectivity index (χ4v) is 4.95. The zero-order valence-electron chi connectivity index (χ0n) is 11.6. The molecule has 1 aromatic carbocycles. The predicted octanol–water partition coefficient (Wildman–Crippen LogP) is 2.04. The predicted molar refractivity (Wildman–Crippen MR) is 77.3 cm³/mol. The summed E-state index contributed by atoms with van der Waals surface area (Å²) in [4.78, 5) is 2.27. The molecule has 0 aliphatic carbocycles. The highest BCUT2D eigenvalue weighted by Crippen LogP contribution is 2.14. The summed E-state index contributed by atoms with van der Waals surface area (Å²) in [6.07, 6.45) is 0. The third-order valence-electron chi connectivity index (χ3n) is 2.64. The Morgan fingerprint density at radius 2 is 1.90 bits per heavy atom. The standard InChI is InChI=1S/C11H17N3O4SSi/c1-4-17-20(3,18-5-2)11-8-6-7-10(9-11)19(15,16)14-13-12/h6-9H,4-5H2,1-3H3. The van der Waals surface area contributed by atoms with Gasteiger partial charge in [-0.3, -0.25) is 0 Å². The van der Waals surface area contributed by atoms with Crippen molar-refractivity contribution in [1.29, 1.82) is 0 Å². The summed E-state index contributed by atoms with van der Waals surface area (Å²) in [7, 11) is -6.66. The first-order valence-corrected chi connectivity index (χ1v) is 9.85. The van der Waals surface area contributed by atoms with Crippen molar-refractivity contribution in [2.75, 3.05) is 13.2 Å². The van der Waals surface area contributed by atoms with Crippen LogP contribution >= 0.6 is 0 Å². The first-order valence-electron chi connectivity index (χ1n) is 6.09. The molecule has 0 aliphatic rings. The molecule has 0 radical (unpaired) electrons. The van der Waals surface area contributed by atoms with Crippen LogP contribution in [0.5, 0.6) is 0 Å². The molecule has 1 aromatic rings. The normalized spacial score (nSPS) is 11.9. The molecule has 0 fully saturated rings. The summed E-state index contributed by atoms with van der Waals surface area (Å²) in [5.74, 6) is 0. The maximum atomic E-state index is 11.7. The molecule has 0 bridgehead atoms. The van der Waals surface area contributed by atoms with Crippen LogP contribution in [-0.4, -0.2) is 30.2 Å². The van der Waals surface area contributed by atoms with Crippen molar-refractivity contribution in [2.24, 2.45) is 4.52 Å². The number of rotatable bonds is 7. The SMILES string of the molecule is CCO[Si](C)(OCC)c1cccc(S(=O)(=O)N=[N+]=[N-])c1. The van der Waals surface area contributed by atoms with Crippen LogP contribution in [0, 0.1) is 0 Å². The molecule has 0 aliphatic heterocycles. The molecular formula is C11H17N3O4SSi. The van der Waals surface area contributed by atoms with E-state index in [4.69, 9.17) is 14.4 Å². The second-order valence-corrected chi connectivity index (χ2v) is 8.62. The largest absolute Gasteiger partial charge is 0.391 e. The van der Waals surface area contributed by atoms with E-state index in [2.05, 4.69) is 9.43 Å². The van der Waals surface area contributed by atoms with Crippen LogP contribution in [0.1, 0.15) is 13.8 Å². The summed E-state index contributed by atoms with van der Waals surface area (Å²) < 4.78 is 37.7. The molecule has 9 heteroatoms. The van der Waals surface area contributed by atoms with Crippen molar-refractivity contribution in [1.82, 2.24) is 0 Å². The highest BCUT2D eigenvalue weighted by atomic mass is 32.2. The van der Waals surface area contributed by atoms with E-state index in [0.29, 0.717) is 18.4 Å². The molecule has 1 rings (SSSR count). The van der Waals surface area contributed by atoms with Crippen molar-refractivity contribution < 1.29 is 17.3 Å². The van der Waals surface area contributed by atoms with E-state index in [1.165, 1.54) is 12.1 Å². The molecule has 0 saturated heterocycles. The van der Waals surface area contributed by atoms with Crippen LogP contribution < -0.4 is 5.19 Å². The van der Waals surface area contributed by atoms with Gasteiger partial charge in [-0.05, 0) is 43.2 Å². The molecule has 110 valence electrons. The van der Waals surface area contributed by atoms with Gasteiger partial charge < -0.3 is 8.85 Å². The molecule has 0 saturated carbocycles. The van der Waals surface area contributed by atoms with E-state index in [1.54, 1.807) is 12.1 Å². The lowest BCUT2D eigenvalue weighted by Gasteiger charge is -2.26. The average Bonchev–Trinajstić information content (AvgIpc) is 2.39. The van der Waals surface area contributed by atoms with Gasteiger partial charge in [0, 0.05) is 22.6 Å². The van der Waals surface area contributed by atoms with Gasteiger partial charge in [0.25, 0.3) is 10.0 Å². The maximum Gasteiger partial charge on any atom is 0.369 e. The highest BCUT2D eigenvalue weighted by Gasteiger charge is 2.34. The summed E-state index contributed by atoms with van der Waals surface area (Å²) in [5, 5.41) is 0.676. The summed E-state index contributed by atoms with van der Waals surface area (Å²) in [6.45, 7) is 6.49. The van der Waals surface area contributed by atoms with Crippen molar-refractivity contribution in [3.8, 4) is 0 Å². The second-order valence-electron chi connectivity index (χ2n) is 3.99. The Morgan fingerprint density at radius 3 is 2.40 bits per heavy atom. The lowest BCUT2D eigenvalue weighted by Crippen LogP contribution is -2.51. The summed E-state index contributed by atoms with van der Waals surface area (Å²) >= 11 is 0. The zero-order valence-corrected chi connectivity index (χ0v) is 13.4. The smallest absolute Gasteiger partial charge is 0.369 e. The number of nitrogens with zero attached hydrogens (tertiary/aromatic N) is 3. The molecule has 7 nitrogen and oxygen atoms in total. The molecule has 0 aromatic heterocycles. The van der Waals surface area contributed by atoms with Gasteiger partial charge in [0.1, 0.15) is 0 Å². The van der Waals surface area contributed by atoms with Crippen LogP contribution in [0.25, 0.3) is 10.4 Å². The van der Waals surface area contributed by atoms with Crippen molar-refractivity contribution >= 4 is 23.8 Å². The second kappa shape index (κ2) is 6.87. The van der Waals surface area contributed by atoms with Crippen molar-refractivity contribution in [2.45, 2.75) is 25.3 Å². The summed E-state index contributed by atoms with van der Waals surface area (Å²) in [5.41, 5.74) is 8.30. The Morgan fingerprint density at radius 1 is 1.30 bits per heavy atom. The Balaban J connectivity index is 3.30. The molecule has 0 unspecified atom stereocenters. The molecule has 0 N–H and O–H groups in total. The molecule has 0 amide bonds. The average molecular weight is 315 g/mol. The minimum atomic E-state index is -4.00. The number of hydrogen-bond acceptors (Lipinski definition) is 4. The number of sulfonamides is 1. The Hall–Kier alpha value is -1.38. The molecule has 0 spiro atoms. The molecule has 0 atom stereocenters. The van der Waals surface area contributed by atoms with Gasteiger partial charge in [-0.25, -0.2) is 8.42 Å². The fourth-order valence-electron chi connectivity index (χ4n) is 1.79. The first-order chi connectivity index (χ1) is 9.39. The van der Waals surface area contributed by atoms with Gasteiger partial charge in [0.15, 0.2) is 0 Å². The van der Waals surface area contributed by atoms with Crippen LogP contribution in [-0.2, 0) is 18.9 Å². The third-order valence-corrected chi connectivity index (χ3v) is 6.82. The monoisotopic (exact) mass is 315 g/mol. The molecule has 20 heavy (non-hydrogen) atoms. The van der Waals surface area contributed by atoms with Crippen molar-refractivity contribution in [3.63, 3.8) is 0 Å². The zero-order chi connectivity index (χ0) is 15.2. The van der Waals surface area contributed by atoms with E-state index in [1.807, 2.05) is 20.4 Å². The Kier molecular flexibility index (Phi) is 5.72. The maximum absolute atomic E-state index is 11.7. The minimum Gasteiger partial charge on any atom is -0.391 e. The van der Waals surface area contributed by atoms with Gasteiger partial charge >= 0.3 is 8.56 Å². The lowest BCUT2D eigenvalue weighted by atomic mass is 10.4. The van der Waals surface area contributed by atoms with E-state index in [9.17, 15) is 8.42 Å². The van der Waals surface area contributed by atoms with Gasteiger partial charge in [-0.2, -0.15) is 0 Å². The Bertz CT molecular complexity index is 608. The van der Waals surface area contributed by atoms with Crippen LogP contribution in [0.4, 0.5) is 0 Å². The minimum absolute atomic E-state index is 0.0640. The van der Waals surface area contributed by atoms with Gasteiger partial charge in [-0.1, -0.05) is 12.1 Å². The van der Waals surface area contributed by atoms with E-state index < -0.39 is 18.6 Å². The molecule has 0 heterocycles. The number of hydrogen-bond donors (Lipinski definition) is 0. The van der Waals surface area contributed by atoms with Crippen LogP contribution in [0.2, 0.25) is 6.55 Å². The Labute approximate surface area is 119 Å². The quantitative estimate of drug-likeness (QED) is 0.332. The van der Waals surface area contributed by atoms with E-state index >= 15 is 0 Å². The van der Waals surface area contributed by atoms with E-state index in [0.717, 1.165) is 0 Å². The van der Waals surface area contributed by atoms with Crippen LogP contribution in [0.15, 0.2) is 33.7 Å². The molecular weight excluding hydrogens is 298 g/mol. The van der Waals surface area contributed by atoms with Gasteiger partial charge in [0.05, 0.1) is 4.90 Å². The van der Waals surface area contributed by atoms with Gasteiger partial charge in [0.2, 0.25) is 0 Å². The number of benzene rings is 1. The topological polar surface area (TPSA) is 101 Å². The number of azide groups is 1.